The summed E-state index contributed by atoms with van der Waals surface area (Å²) in [6.07, 6.45) is 0.596. The number of nitriles is 1. The van der Waals surface area contributed by atoms with Crippen molar-refractivity contribution in [1.82, 2.24) is 5.32 Å². The fourth-order valence-electron chi connectivity index (χ4n) is 3.02. The van der Waals surface area contributed by atoms with Gasteiger partial charge in [-0.3, -0.25) is 0 Å². The molecule has 0 saturated carbocycles. The first-order chi connectivity index (χ1) is 11.6. The highest BCUT2D eigenvalue weighted by molar-refractivity contribution is 5.41. The smallest absolute Gasteiger partial charge is 0.123 e. The van der Waals surface area contributed by atoms with Crippen LogP contribution in [0.1, 0.15) is 48.2 Å². The molecule has 0 spiro atoms. The molecule has 2 aromatic rings. The molecule has 3 atom stereocenters. The molecule has 124 valence electrons. The van der Waals surface area contributed by atoms with Gasteiger partial charge in [-0.05, 0) is 48.7 Å². The largest absolute Gasteiger partial charge is 0.490 e. The van der Waals surface area contributed by atoms with E-state index in [-0.39, 0.29) is 12.1 Å². The van der Waals surface area contributed by atoms with Crippen molar-refractivity contribution in [2.75, 3.05) is 6.54 Å². The van der Waals surface area contributed by atoms with Gasteiger partial charge in [0.25, 0.3) is 0 Å². The van der Waals surface area contributed by atoms with Gasteiger partial charge >= 0.3 is 0 Å². The zero-order valence-electron chi connectivity index (χ0n) is 14.0. The summed E-state index contributed by atoms with van der Waals surface area (Å²) in [4.78, 5) is 0. The topological polar surface area (TPSA) is 65.3 Å². The third-order valence-corrected chi connectivity index (χ3v) is 4.46. The maximum Gasteiger partial charge on any atom is 0.123 e. The maximum absolute atomic E-state index is 10.3. The molecule has 1 aliphatic rings. The first kappa shape index (κ1) is 16.5. The minimum absolute atomic E-state index is 0.138. The second kappa shape index (κ2) is 7.04. The van der Waals surface area contributed by atoms with E-state index in [0.29, 0.717) is 12.1 Å². The number of ether oxygens (including phenoxy) is 1. The Hall–Kier alpha value is -2.35. The summed E-state index contributed by atoms with van der Waals surface area (Å²) in [5, 5.41) is 22.5. The van der Waals surface area contributed by atoms with Gasteiger partial charge in [0.05, 0.1) is 17.7 Å². The molecule has 0 fully saturated rings. The molecule has 0 bridgehead atoms. The Bertz CT molecular complexity index is 749. The molecule has 0 aliphatic carbocycles. The summed E-state index contributed by atoms with van der Waals surface area (Å²) < 4.78 is 5.73. The lowest BCUT2D eigenvalue weighted by Gasteiger charge is -2.18. The molecule has 2 N–H and O–H groups in total. The lowest BCUT2D eigenvalue weighted by atomic mass is 10.0. The molecule has 24 heavy (non-hydrogen) atoms. The van der Waals surface area contributed by atoms with Crippen LogP contribution < -0.4 is 10.1 Å². The van der Waals surface area contributed by atoms with Crippen LogP contribution in [0.15, 0.2) is 42.5 Å². The minimum Gasteiger partial charge on any atom is -0.490 e. The van der Waals surface area contributed by atoms with Crippen LogP contribution in [0.3, 0.4) is 0 Å². The Kier molecular flexibility index (Phi) is 4.84. The second-order valence-corrected chi connectivity index (χ2v) is 6.38. The summed E-state index contributed by atoms with van der Waals surface area (Å²) in [5.41, 5.74) is 3.85. The number of nitrogens with zero attached hydrogens (tertiary/aromatic N) is 1. The molecule has 1 aliphatic heterocycles. The van der Waals surface area contributed by atoms with Crippen molar-refractivity contribution < 1.29 is 9.84 Å². The van der Waals surface area contributed by atoms with E-state index in [2.05, 4.69) is 37.4 Å². The van der Waals surface area contributed by atoms with Crippen molar-refractivity contribution in [2.45, 2.75) is 38.5 Å². The van der Waals surface area contributed by atoms with Crippen molar-refractivity contribution >= 4 is 0 Å². The van der Waals surface area contributed by atoms with Crippen LogP contribution in [-0.2, 0) is 6.42 Å². The fraction of sp³-hybridized carbons (Fsp3) is 0.350. The first-order valence-electron chi connectivity index (χ1n) is 8.28. The number of hydrogen-bond donors (Lipinski definition) is 2. The summed E-state index contributed by atoms with van der Waals surface area (Å²) in [7, 11) is 0. The first-order valence-corrected chi connectivity index (χ1v) is 8.28. The third kappa shape index (κ3) is 3.59. The van der Waals surface area contributed by atoms with Crippen LogP contribution in [-0.4, -0.2) is 17.8 Å². The number of benzene rings is 2. The monoisotopic (exact) mass is 322 g/mol. The van der Waals surface area contributed by atoms with Gasteiger partial charge in [-0.1, -0.05) is 24.3 Å². The predicted octanol–water partition coefficient (Wildman–Crippen LogP) is 3.27. The van der Waals surface area contributed by atoms with Gasteiger partial charge in [0.15, 0.2) is 0 Å². The van der Waals surface area contributed by atoms with Crippen LogP contribution in [0.2, 0.25) is 0 Å². The van der Waals surface area contributed by atoms with Gasteiger partial charge in [0.1, 0.15) is 11.9 Å². The summed E-state index contributed by atoms with van der Waals surface area (Å²) >= 11 is 0. The SMILES string of the molecule is CC1Cc2cc([C@H](C)NCC(O)c3ccc(C#N)cc3)ccc2O1. The Morgan fingerprint density at radius 2 is 1.96 bits per heavy atom. The Balaban J connectivity index is 1.60. The number of rotatable bonds is 5. The highest BCUT2D eigenvalue weighted by Crippen LogP contribution is 2.31. The van der Waals surface area contributed by atoms with E-state index in [1.54, 1.807) is 24.3 Å². The van der Waals surface area contributed by atoms with E-state index in [1.807, 2.05) is 6.07 Å². The summed E-state index contributed by atoms with van der Waals surface area (Å²) in [5.74, 6) is 0.982. The number of aliphatic hydroxyl groups is 1. The lowest BCUT2D eigenvalue weighted by molar-refractivity contribution is 0.171. The zero-order valence-corrected chi connectivity index (χ0v) is 14.0. The standard InChI is InChI=1S/C20H22N2O2/c1-13-9-18-10-17(7-8-20(18)24-13)14(2)22-12-19(23)16-5-3-15(11-21)4-6-16/h3-8,10,13-14,19,22-23H,9,12H2,1-2H3/t13?,14-,19?/m0/s1. The number of nitrogens with one attached hydrogen (secondary N) is 1. The van der Waals surface area contributed by atoms with Crippen LogP contribution in [0.4, 0.5) is 0 Å². The Morgan fingerprint density at radius 1 is 1.25 bits per heavy atom. The lowest BCUT2D eigenvalue weighted by Crippen LogP contribution is -2.24. The van der Waals surface area contributed by atoms with Crippen LogP contribution in [0, 0.1) is 11.3 Å². The van der Waals surface area contributed by atoms with Gasteiger partial charge in [0, 0.05) is 19.0 Å². The Labute approximate surface area is 142 Å². The summed E-state index contributed by atoms with van der Waals surface area (Å²) in [6, 6.07) is 15.5. The van der Waals surface area contributed by atoms with Crippen LogP contribution >= 0.6 is 0 Å². The normalized spacial score (nSPS) is 18.3. The van der Waals surface area contributed by atoms with Gasteiger partial charge < -0.3 is 15.2 Å². The quantitative estimate of drug-likeness (QED) is 0.887. The molecule has 2 aromatic carbocycles. The second-order valence-electron chi connectivity index (χ2n) is 6.38. The van der Waals surface area contributed by atoms with E-state index in [9.17, 15) is 5.11 Å². The van der Waals surface area contributed by atoms with E-state index in [1.165, 1.54) is 11.1 Å². The average Bonchev–Trinajstić information content (AvgIpc) is 2.98. The van der Waals surface area contributed by atoms with Crippen LogP contribution in [0.5, 0.6) is 5.75 Å². The van der Waals surface area contributed by atoms with E-state index < -0.39 is 6.10 Å². The molecule has 4 heteroatoms. The number of fused-ring (bicyclic) bond motifs is 1. The highest BCUT2D eigenvalue weighted by Gasteiger charge is 2.20. The molecule has 1 heterocycles. The molecular weight excluding hydrogens is 300 g/mol. The predicted molar refractivity (Wildman–Crippen MR) is 92.8 cm³/mol. The van der Waals surface area contributed by atoms with E-state index in [0.717, 1.165) is 17.7 Å². The van der Waals surface area contributed by atoms with E-state index in [4.69, 9.17) is 10.00 Å². The van der Waals surface area contributed by atoms with Crippen molar-refractivity contribution in [3.8, 4) is 11.8 Å². The minimum atomic E-state index is -0.599. The average molecular weight is 322 g/mol. The molecule has 0 amide bonds. The van der Waals surface area contributed by atoms with Gasteiger partial charge in [0.2, 0.25) is 0 Å². The fourth-order valence-corrected chi connectivity index (χ4v) is 3.02. The zero-order chi connectivity index (χ0) is 17.1. The van der Waals surface area contributed by atoms with Crippen LogP contribution in [0.25, 0.3) is 0 Å². The molecule has 4 nitrogen and oxygen atoms in total. The van der Waals surface area contributed by atoms with Crippen molar-refractivity contribution in [2.24, 2.45) is 0 Å². The molecule has 0 radical (unpaired) electrons. The van der Waals surface area contributed by atoms with Crippen molar-refractivity contribution in [3.63, 3.8) is 0 Å². The van der Waals surface area contributed by atoms with Crippen molar-refractivity contribution in [3.05, 3.63) is 64.7 Å². The molecule has 0 aromatic heterocycles. The molecule has 0 saturated heterocycles. The highest BCUT2D eigenvalue weighted by atomic mass is 16.5. The number of aliphatic hydroxyl groups excluding tert-OH is 1. The molecule has 2 unspecified atom stereocenters. The van der Waals surface area contributed by atoms with E-state index >= 15 is 0 Å². The van der Waals surface area contributed by atoms with Gasteiger partial charge in [-0.15, -0.1) is 0 Å². The number of hydrogen-bond acceptors (Lipinski definition) is 4. The van der Waals surface area contributed by atoms with Gasteiger partial charge in [-0.25, -0.2) is 0 Å². The molecule has 3 rings (SSSR count). The molecular formula is C20H22N2O2. The Morgan fingerprint density at radius 3 is 2.67 bits per heavy atom. The third-order valence-electron chi connectivity index (χ3n) is 4.46. The van der Waals surface area contributed by atoms with Gasteiger partial charge in [-0.2, -0.15) is 5.26 Å². The summed E-state index contributed by atoms with van der Waals surface area (Å²) in [6.45, 7) is 4.62. The maximum atomic E-state index is 10.3. The van der Waals surface area contributed by atoms with Crippen molar-refractivity contribution in [1.29, 1.82) is 5.26 Å².